The first-order valence-electron chi connectivity index (χ1n) is 9.46. The van der Waals surface area contributed by atoms with Crippen LogP contribution in [-0.4, -0.2) is 26.7 Å². The average Bonchev–Trinajstić information content (AvgIpc) is 3.01. The number of benzene rings is 2. The molecular formula is C24H19FN2O3. The Bertz CT molecular complexity index is 1140. The summed E-state index contributed by atoms with van der Waals surface area (Å²) in [6.07, 6.45) is 3.24. The number of ketones is 1. The van der Waals surface area contributed by atoms with Gasteiger partial charge in [-0.3, -0.25) is 14.6 Å². The summed E-state index contributed by atoms with van der Waals surface area (Å²) < 4.78 is 14.1. The molecule has 1 amide bonds. The Hall–Kier alpha value is -3.80. The summed E-state index contributed by atoms with van der Waals surface area (Å²) >= 11 is 0. The van der Waals surface area contributed by atoms with Crippen LogP contribution in [0.25, 0.3) is 5.76 Å². The highest BCUT2D eigenvalue weighted by Gasteiger charge is 2.46. The van der Waals surface area contributed by atoms with Gasteiger partial charge in [0.2, 0.25) is 0 Å². The van der Waals surface area contributed by atoms with E-state index in [1.165, 1.54) is 23.1 Å². The lowest BCUT2D eigenvalue weighted by molar-refractivity contribution is -0.140. The Morgan fingerprint density at radius 2 is 1.87 bits per heavy atom. The van der Waals surface area contributed by atoms with E-state index in [1.807, 2.05) is 12.1 Å². The molecule has 0 saturated carbocycles. The second-order valence-electron chi connectivity index (χ2n) is 7.16. The summed E-state index contributed by atoms with van der Waals surface area (Å²) in [5.41, 5.74) is 1.94. The van der Waals surface area contributed by atoms with Crippen LogP contribution in [0.1, 0.15) is 28.3 Å². The second-order valence-corrected chi connectivity index (χ2v) is 7.16. The van der Waals surface area contributed by atoms with E-state index >= 15 is 0 Å². The molecular weight excluding hydrogens is 383 g/mol. The molecule has 3 aromatic rings. The molecule has 150 valence electrons. The number of Topliss-reactive ketones (excluding diaryl/α,β-unsaturated/α-hetero) is 1. The Morgan fingerprint density at radius 3 is 2.53 bits per heavy atom. The van der Waals surface area contributed by atoms with E-state index < -0.39 is 29.3 Å². The van der Waals surface area contributed by atoms with Crippen LogP contribution in [0.4, 0.5) is 4.39 Å². The third-order valence-electron chi connectivity index (χ3n) is 5.18. The molecule has 1 unspecified atom stereocenters. The van der Waals surface area contributed by atoms with Crippen LogP contribution >= 0.6 is 0 Å². The molecule has 1 saturated heterocycles. The van der Waals surface area contributed by atoms with E-state index in [4.69, 9.17) is 0 Å². The van der Waals surface area contributed by atoms with Gasteiger partial charge in [-0.1, -0.05) is 48.5 Å². The number of aryl methyl sites for hydroxylation is 1. The Morgan fingerprint density at radius 1 is 1.10 bits per heavy atom. The number of hydrogen-bond acceptors (Lipinski definition) is 4. The number of aromatic nitrogens is 1. The molecule has 1 aliphatic rings. The maximum atomic E-state index is 14.1. The summed E-state index contributed by atoms with van der Waals surface area (Å²) in [6.45, 7) is 1.76. The molecule has 4 rings (SSSR count). The third kappa shape index (κ3) is 3.48. The van der Waals surface area contributed by atoms with Crippen LogP contribution in [0.5, 0.6) is 0 Å². The van der Waals surface area contributed by atoms with Crippen molar-refractivity contribution < 1.29 is 19.1 Å². The standard InChI is InChI=1S/C24H19FN2O3/c1-15-9-10-18(12-19(15)25)22(28)20-21(17-7-3-2-4-8-17)27(24(30)23(20)29)14-16-6-5-11-26-13-16/h2-13,21,28H,14H2,1H3/b22-20-. The van der Waals surface area contributed by atoms with Crippen molar-refractivity contribution in [3.05, 3.63) is 107 Å². The van der Waals surface area contributed by atoms with Crippen molar-refractivity contribution in [3.8, 4) is 0 Å². The largest absolute Gasteiger partial charge is 0.507 e. The highest BCUT2D eigenvalue weighted by atomic mass is 19.1. The van der Waals surface area contributed by atoms with E-state index in [1.54, 1.807) is 49.6 Å². The fourth-order valence-electron chi connectivity index (χ4n) is 3.61. The monoisotopic (exact) mass is 402 g/mol. The molecule has 1 aromatic heterocycles. The molecule has 2 aromatic carbocycles. The van der Waals surface area contributed by atoms with Crippen LogP contribution in [0.2, 0.25) is 0 Å². The number of rotatable bonds is 4. The van der Waals surface area contributed by atoms with Crippen LogP contribution in [0.3, 0.4) is 0 Å². The van der Waals surface area contributed by atoms with Crippen LogP contribution in [-0.2, 0) is 16.1 Å². The van der Waals surface area contributed by atoms with Crippen LogP contribution < -0.4 is 0 Å². The van der Waals surface area contributed by atoms with Crippen molar-refractivity contribution in [2.24, 2.45) is 0 Å². The lowest BCUT2D eigenvalue weighted by Gasteiger charge is -2.25. The van der Waals surface area contributed by atoms with Gasteiger partial charge in [0.1, 0.15) is 11.6 Å². The number of hydrogen-bond donors (Lipinski definition) is 1. The highest BCUT2D eigenvalue weighted by molar-refractivity contribution is 6.46. The number of carbonyl (C=O) groups excluding carboxylic acids is 2. The summed E-state index contributed by atoms with van der Waals surface area (Å²) in [6, 6.07) is 16.0. The first-order chi connectivity index (χ1) is 14.5. The zero-order valence-corrected chi connectivity index (χ0v) is 16.2. The molecule has 30 heavy (non-hydrogen) atoms. The molecule has 2 heterocycles. The normalized spacial score (nSPS) is 18.1. The number of pyridine rings is 1. The molecule has 5 nitrogen and oxygen atoms in total. The van der Waals surface area contributed by atoms with Crippen molar-refractivity contribution in [2.75, 3.05) is 0 Å². The van der Waals surface area contributed by atoms with E-state index in [9.17, 15) is 19.1 Å². The van der Waals surface area contributed by atoms with E-state index in [2.05, 4.69) is 4.98 Å². The quantitative estimate of drug-likeness (QED) is 0.404. The molecule has 1 atom stereocenters. The Labute approximate surface area is 173 Å². The first-order valence-corrected chi connectivity index (χ1v) is 9.46. The molecule has 6 heteroatoms. The minimum atomic E-state index is -0.800. The number of aliphatic hydroxyl groups excluding tert-OH is 1. The smallest absolute Gasteiger partial charge is 0.295 e. The van der Waals surface area contributed by atoms with E-state index in [0.29, 0.717) is 11.1 Å². The highest BCUT2D eigenvalue weighted by Crippen LogP contribution is 2.40. The summed E-state index contributed by atoms with van der Waals surface area (Å²) in [5, 5.41) is 10.9. The lowest BCUT2D eigenvalue weighted by atomic mass is 9.95. The molecule has 1 N–H and O–H groups in total. The second kappa shape index (κ2) is 7.91. The SMILES string of the molecule is Cc1ccc(/C(O)=C2/C(=O)C(=O)N(Cc3cccnc3)C2c2ccccc2)cc1F. The molecule has 1 aliphatic heterocycles. The van der Waals surface area contributed by atoms with Gasteiger partial charge in [-0.05, 0) is 35.7 Å². The predicted molar refractivity (Wildman–Crippen MR) is 110 cm³/mol. The number of amides is 1. The van der Waals surface area contributed by atoms with Gasteiger partial charge in [0.25, 0.3) is 11.7 Å². The minimum Gasteiger partial charge on any atom is -0.507 e. The van der Waals surface area contributed by atoms with Gasteiger partial charge in [-0.15, -0.1) is 0 Å². The maximum absolute atomic E-state index is 14.1. The Balaban J connectivity index is 1.86. The fraction of sp³-hybridized carbons (Fsp3) is 0.125. The van der Waals surface area contributed by atoms with Crippen molar-refractivity contribution in [3.63, 3.8) is 0 Å². The molecule has 0 aliphatic carbocycles. The van der Waals surface area contributed by atoms with Crippen LogP contribution in [0.15, 0.2) is 78.6 Å². The molecule has 0 spiro atoms. The van der Waals surface area contributed by atoms with Crippen molar-refractivity contribution in [1.29, 1.82) is 0 Å². The number of likely N-dealkylation sites (tertiary alicyclic amines) is 1. The zero-order valence-electron chi connectivity index (χ0n) is 16.2. The van der Waals surface area contributed by atoms with Crippen molar-refractivity contribution in [2.45, 2.75) is 19.5 Å². The zero-order chi connectivity index (χ0) is 21.3. The molecule has 0 bridgehead atoms. The number of aliphatic hydroxyl groups is 1. The van der Waals surface area contributed by atoms with Gasteiger partial charge in [-0.25, -0.2) is 4.39 Å². The summed E-state index contributed by atoms with van der Waals surface area (Å²) in [4.78, 5) is 31.3. The van der Waals surface area contributed by atoms with Gasteiger partial charge in [0, 0.05) is 24.5 Å². The van der Waals surface area contributed by atoms with Crippen molar-refractivity contribution in [1.82, 2.24) is 9.88 Å². The third-order valence-corrected chi connectivity index (χ3v) is 5.18. The van der Waals surface area contributed by atoms with Gasteiger partial charge < -0.3 is 10.0 Å². The first kappa shape index (κ1) is 19.5. The molecule has 0 radical (unpaired) electrons. The predicted octanol–water partition coefficient (Wildman–Crippen LogP) is 4.15. The van der Waals surface area contributed by atoms with Gasteiger partial charge in [0.15, 0.2) is 0 Å². The van der Waals surface area contributed by atoms with Crippen molar-refractivity contribution >= 4 is 17.4 Å². The minimum absolute atomic E-state index is 0.0571. The summed E-state index contributed by atoms with van der Waals surface area (Å²) in [7, 11) is 0. The molecule has 1 fully saturated rings. The summed E-state index contributed by atoms with van der Waals surface area (Å²) in [5.74, 6) is -2.41. The number of carbonyl (C=O) groups is 2. The van der Waals surface area contributed by atoms with E-state index in [0.717, 1.165) is 5.56 Å². The number of nitrogens with zero attached hydrogens (tertiary/aromatic N) is 2. The van der Waals surface area contributed by atoms with Gasteiger partial charge in [0.05, 0.1) is 11.6 Å². The topological polar surface area (TPSA) is 70.5 Å². The van der Waals surface area contributed by atoms with E-state index in [-0.39, 0.29) is 17.7 Å². The van der Waals surface area contributed by atoms with Crippen LogP contribution in [0, 0.1) is 12.7 Å². The average molecular weight is 402 g/mol. The maximum Gasteiger partial charge on any atom is 0.295 e. The fourth-order valence-corrected chi connectivity index (χ4v) is 3.61. The van der Waals surface area contributed by atoms with Gasteiger partial charge in [-0.2, -0.15) is 0 Å². The Kier molecular flexibility index (Phi) is 5.14. The number of halogens is 1. The lowest BCUT2D eigenvalue weighted by Crippen LogP contribution is -2.29. The van der Waals surface area contributed by atoms with Gasteiger partial charge >= 0.3 is 0 Å².